The lowest BCUT2D eigenvalue weighted by Gasteiger charge is -2.26. The maximum atomic E-state index is 13.9. The van der Waals surface area contributed by atoms with Crippen LogP contribution in [0.3, 0.4) is 0 Å². The van der Waals surface area contributed by atoms with Gasteiger partial charge in [0.25, 0.3) is 5.56 Å². The summed E-state index contributed by atoms with van der Waals surface area (Å²) < 4.78 is 29.1. The van der Waals surface area contributed by atoms with Gasteiger partial charge in [0.05, 0.1) is 50.8 Å². The van der Waals surface area contributed by atoms with Crippen LogP contribution in [0.15, 0.2) is 57.5 Å². The molecule has 9 nitrogen and oxygen atoms in total. The summed E-state index contributed by atoms with van der Waals surface area (Å²) in [7, 11) is 6.21. The van der Waals surface area contributed by atoms with E-state index in [0.717, 1.165) is 0 Å². The summed E-state index contributed by atoms with van der Waals surface area (Å²) in [6.45, 7) is 3.65. The molecule has 4 rings (SSSR count). The van der Waals surface area contributed by atoms with Gasteiger partial charge in [-0.3, -0.25) is 9.36 Å². The number of methoxy groups -OCH3 is 4. The van der Waals surface area contributed by atoms with Gasteiger partial charge in [-0.15, -0.1) is 0 Å². The monoisotopic (exact) mass is 524 g/mol. The summed E-state index contributed by atoms with van der Waals surface area (Å²) in [6.07, 6.45) is 1.74. The van der Waals surface area contributed by atoms with Crippen LogP contribution in [0, 0.1) is 0 Å². The molecule has 0 bridgehead atoms. The molecule has 1 atom stereocenters. The van der Waals surface area contributed by atoms with E-state index in [0.29, 0.717) is 49.2 Å². The van der Waals surface area contributed by atoms with E-state index in [1.165, 1.54) is 23.0 Å². The summed E-state index contributed by atoms with van der Waals surface area (Å²) in [5.74, 6) is 1.70. The van der Waals surface area contributed by atoms with Crippen molar-refractivity contribution < 1.29 is 28.5 Å². The molecule has 1 aromatic heterocycles. The Morgan fingerprint density at radius 2 is 1.65 bits per heavy atom. The first-order valence-corrected chi connectivity index (χ1v) is 12.3. The van der Waals surface area contributed by atoms with E-state index in [1.54, 1.807) is 71.6 Å². The first kappa shape index (κ1) is 26.0. The molecule has 1 aliphatic rings. The van der Waals surface area contributed by atoms with Crippen LogP contribution in [0.4, 0.5) is 0 Å². The molecule has 194 valence electrons. The average molecular weight is 525 g/mol. The zero-order valence-electron chi connectivity index (χ0n) is 21.5. The van der Waals surface area contributed by atoms with Crippen molar-refractivity contribution in [2.75, 3.05) is 35.0 Å². The van der Waals surface area contributed by atoms with Gasteiger partial charge in [-0.2, -0.15) is 0 Å². The fourth-order valence-corrected chi connectivity index (χ4v) is 5.25. The van der Waals surface area contributed by atoms with Crippen LogP contribution in [-0.4, -0.2) is 45.6 Å². The third-order valence-corrected chi connectivity index (χ3v) is 6.96. The van der Waals surface area contributed by atoms with E-state index >= 15 is 0 Å². The molecule has 3 aromatic rings. The molecule has 0 spiro atoms. The Morgan fingerprint density at radius 3 is 2.27 bits per heavy atom. The zero-order chi connectivity index (χ0) is 26.7. The van der Waals surface area contributed by atoms with Crippen LogP contribution in [-0.2, 0) is 9.53 Å². The number of allylic oxidation sites excluding steroid dienone is 1. The number of hydrogen-bond acceptors (Lipinski definition) is 9. The van der Waals surface area contributed by atoms with Crippen molar-refractivity contribution in [2.45, 2.75) is 19.9 Å². The van der Waals surface area contributed by atoms with E-state index < -0.39 is 12.0 Å². The first-order chi connectivity index (χ1) is 17.9. The number of hydrogen-bond donors (Lipinski definition) is 0. The van der Waals surface area contributed by atoms with E-state index in [1.807, 2.05) is 6.07 Å². The van der Waals surface area contributed by atoms with Crippen LogP contribution in [0.2, 0.25) is 0 Å². The van der Waals surface area contributed by atoms with Gasteiger partial charge < -0.3 is 23.7 Å². The van der Waals surface area contributed by atoms with Gasteiger partial charge in [-0.1, -0.05) is 11.3 Å². The SMILES string of the molecule is CCOC(=O)C1=C(C)N=c2s/c(=C\c3ccc(OC)cc3OC)c(=O)n2[C@H]1c1ccc(OC)cc1OC. The van der Waals surface area contributed by atoms with Gasteiger partial charge >= 0.3 is 5.97 Å². The predicted octanol–water partition coefficient (Wildman–Crippen LogP) is 2.83. The third kappa shape index (κ3) is 4.84. The lowest BCUT2D eigenvalue weighted by molar-refractivity contribution is -0.139. The third-order valence-electron chi connectivity index (χ3n) is 5.98. The molecule has 2 heterocycles. The van der Waals surface area contributed by atoms with E-state index in [2.05, 4.69) is 4.99 Å². The number of carbonyl (C=O) groups is 1. The molecule has 37 heavy (non-hydrogen) atoms. The van der Waals surface area contributed by atoms with Crippen LogP contribution in [0.1, 0.15) is 31.0 Å². The molecule has 2 aromatic carbocycles. The number of nitrogens with zero attached hydrogens (tertiary/aromatic N) is 2. The van der Waals surface area contributed by atoms with Gasteiger partial charge in [0.2, 0.25) is 0 Å². The Morgan fingerprint density at radius 1 is 1.00 bits per heavy atom. The van der Waals surface area contributed by atoms with E-state index in [9.17, 15) is 9.59 Å². The van der Waals surface area contributed by atoms with E-state index in [-0.39, 0.29) is 17.7 Å². The lowest BCUT2D eigenvalue weighted by atomic mass is 9.95. The number of esters is 1. The van der Waals surface area contributed by atoms with Gasteiger partial charge in [-0.05, 0) is 44.2 Å². The van der Waals surface area contributed by atoms with Crippen LogP contribution < -0.4 is 33.8 Å². The molecule has 0 radical (unpaired) electrons. The van der Waals surface area contributed by atoms with Crippen LogP contribution in [0.25, 0.3) is 6.08 Å². The minimum Gasteiger partial charge on any atom is -0.497 e. The minimum atomic E-state index is -0.809. The fourth-order valence-electron chi connectivity index (χ4n) is 4.21. The maximum absolute atomic E-state index is 13.9. The van der Waals surface area contributed by atoms with E-state index in [4.69, 9.17) is 23.7 Å². The minimum absolute atomic E-state index is 0.184. The first-order valence-electron chi connectivity index (χ1n) is 11.5. The highest BCUT2D eigenvalue weighted by Crippen LogP contribution is 2.37. The number of benzene rings is 2. The highest BCUT2D eigenvalue weighted by atomic mass is 32.1. The molecule has 0 fully saturated rings. The second-order valence-electron chi connectivity index (χ2n) is 8.02. The number of aromatic nitrogens is 1. The molecule has 0 unspecified atom stereocenters. The molecular weight excluding hydrogens is 496 g/mol. The molecule has 0 N–H and O–H groups in total. The predicted molar refractivity (Wildman–Crippen MR) is 139 cm³/mol. The Balaban J connectivity index is 1.99. The van der Waals surface area contributed by atoms with Gasteiger partial charge in [0.15, 0.2) is 4.80 Å². The molecule has 0 amide bonds. The summed E-state index contributed by atoms with van der Waals surface area (Å²) in [6, 6.07) is 9.80. The van der Waals surface area contributed by atoms with Crippen molar-refractivity contribution in [1.82, 2.24) is 4.57 Å². The quantitative estimate of drug-likeness (QED) is 0.418. The second-order valence-corrected chi connectivity index (χ2v) is 9.03. The lowest BCUT2D eigenvalue weighted by Crippen LogP contribution is -2.40. The Kier molecular flexibility index (Phi) is 7.68. The number of fused-ring (bicyclic) bond motifs is 1. The van der Waals surface area contributed by atoms with Crippen molar-refractivity contribution >= 4 is 23.4 Å². The summed E-state index contributed by atoms with van der Waals surface area (Å²) in [4.78, 5) is 32.0. The average Bonchev–Trinajstić information content (AvgIpc) is 3.21. The van der Waals surface area contributed by atoms with Crippen molar-refractivity contribution in [3.8, 4) is 23.0 Å². The molecular formula is C27H28N2O7S. The summed E-state index contributed by atoms with van der Waals surface area (Å²) >= 11 is 1.23. The highest BCUT2D eigenvalue weighted by molar-refractivity contribution is 7.07. The summed E-state index contributed by atoms with van der Waals surface area (Å²) in [5.41, 5.74) is 1.74. The fraction of sp³-hybridized carbons (Fsp3) is 0.296. The maximum Gasteiger partial charge on any atom is 0.338 e. The summed E-state index contributed by atoms with van der Waals surface area (Å²) in [5, 5.41) is 0. The number of ether oxygens (including phenoxy) is 5. The second kappa shape index (κ2) is 10.9. The number of carbonyl (C=O) groups excluding carboxylic acids is 1. The van der Waals surface area contributed by atoms with Crippen LogP contribution >= 0.6 is 11.3 Å². The van der Waals surface area contributed by atoms with Crippen molar-refractivity contribution in [2.24, 2.45) is 4.99 Å². The number of rotatable bonds is 8. The topological polar surface area (TPSA) is 97.6 Å². The largest absolute Gasteiger partial charge is 0.497 e. The molecule has 10 heteroatoms. The van der Waals surface area contributed by atoms with Crippen molar-refractivity contribution in [1.29, 1.82) is 0 Å². The molecule has 0 saturated heterocycles. The van der Waals surface area contributed by atoms with Gasteiger partial charge in [-0.25, -0.2) is 9.79 Å². The van der Waals surface area contributed by atoms with Crippen molar-refractivity contribution in [3.05, 3.63) is 78.5 Å². The van der Waals surface area contributed by atoms with Gasteiger partial charge in [0.1, 0.15) is 29.0 Å². The molecule has 1 aliphatic heterocycles. The Labute approximate surface area is 217 Å². The smallest absolute Gasteiger partial charge is 0.338 e. The Hall–Kier alpha value is -4.05. The van der Waals surface area contributed by atoms with Crippen LogP contribution in [0.5, 0.6) is 23.0 Å². The number of thiazole rings is 1. The standard InChI is InChI=1S/C27H28N2O7S/c1-7-36-26(31)23-15(2)28-27-29(24(23)19-11-10-18(33-4)14-21(19)35-6)25(30)22(37-27)12-16-8-9-17(32-3)13-20(16)34-5/h8-14,24H,7H2,1-6H3/b22-12-/t24-/m0/s1. The van der Waals surface area contributed by atoms with Crippen molar-refractivity contribution in [3.63, 3.8) is 0 Å². The normalized spacial score (nSPS) is 15.1. The zero-order valence-corrected chi connectivity index (χ0v) is 22.3. The Bertz CT molecular complexity index is 1550. The molecule has 0 aliphatic carbocycles. The molecule has 0 saturated carbocycles. The highest BCUT2D eigenvalue weighted by Gasteiger charge is 2.35. The van der Waals surface area contributed by atoms with Gasteiger partial charge in [0, 0.05) is 23.3 Å².